The molecule has 0 saturated heterocycles. The van der Waals surface area contributed by atoms with Crippen LogP contribution in [0.3, 0.4) is 0 Å². The zero-order valence-electron chi connectivity index (χ0n) is 21.0. The third-order valence-corrected chi connectivity index (χ3v) is 6.88. The fourth-order valence-corrected chi connectivity index (χ4v) is 4.96. The summed E-state index contributed by atoms with van der Waals surface area (Å²) in [5, 5.41) is 14.2. The lowest BCUT2D eigenvalue weighted by atomic mass is 9.89. The van der Waals surface area contributed by atoms with Crippen molar-refractivity contribution in [2.75, 3.05) is 9.80 Å². The molecule has 0 spiro atoms. The van der Waals surface area contributed by atoms with Gasteiger partial charge in [-0.3, -0.25) is 9.59 Å². The van der Waals surface area contributed by atoms with E-state index in [-0.39, 0.29) is 30.5 Å². The minimum Gasteiger partial charge on any atom is -0.485 e. The van der Waals surface area contributed by atoms with Gasteiger partial charge >= 0.3 is 0 Å². The van der Waals surface area contributed by atoms with Crippen LogP contribution in [0.1, 0.15) is 54.5 Å². The summed E-state index contributed by atoms with van der Waals surface area (Å²) >= 11 is 6.12. The standard InChI is InChI=1S/C28H27ClN6O3/c1-3-27(36)35(21-12-10-20(29)11-13-21)25-16-18(2)34(24-7-5-4-6-23(24)25)28(37)19-8-14-22(15-9-19)38-17-26-30-32-33-31-26/h4-15,18,25H,3,16-17H2,1-2H3,(H,30,31,32,33)/t18-,25+/m1/s1. The van der Waals surface area contributed by atoms with Crippen LogP contribution in [0.4, 0.5) is 11.4 Å². The Morgan fingerprint density at radius 3 is 2.50 bits per heavy atom. The highest BCUT2D eigenvalue weighted by Gasteiger charge is 2.38. The Morgan fingerprint density at radius 2 is 1.82 bits per heavy atom. The molecule has 1 aliphatic heterocycles. The molecule has 0 radical (unpaired) electrons. The van der Waals surface area contributed by atoms with Crippen molar-refractivity contribution in [3.8, 4) is 5.75 Å². The number of fused-ring (bicyclic) bond motifs is 1. The Bertz CT molecular complexity index is 1410. The van der Waals surface area contributed by atoms with Gasteiger partial charge in [0.25, 0.3) is 5.91 Å². The highest BCUT2D eigenvalue weighted by Crippen LogP contribution is 2.43. The van der Waals surface area contributed by atoms with Crippen LogP contribution in [0.5, 0.6) is 5.75 Å². The molecule has 1 N–H and O–H groups in total. The van der Waals surface area contributed by atoms with Gasteiger partial charge < -0.3 is 14.5 Å². The van der Waals surface area contributed by atoms with Gasteiger partial charge in [0, 0.05) is 34.4 Å². The molecule has 5 rings (SSSR count). The molecule has 10 heteroatoms. The highest BCUT2D eigenvalue weighted by molar-refractivity contribution is 6.30. The molecule has 1 aromatic heterocycles. The average Bonchev–Trinajstić information content (AvgIpc) is 3.47. The van der Waals surface area contributed by atoms with E-state index in [1.165, 1.54) is 0 Å². The van der Waals surface area contributed by atoms with Crippen LogP contribution in [0, 0.1) is 0 Å². The van der Waals surface area contributed by atoms with Gasteiger partial charge in [0.1, 0.15) is 5.75 Å². The van der Waals surface area contributed by atoms with Gasteiger partial charge in [-0.25, -0.2) is 0 Å². The maximum Gasteiger partial charge on any atom is 0.258 e. The van der Waals surface area contributed by atoms with Crippen molar-refractivity contribution in [2.24, 2.45) is 0 Å². The maximum atomic E-state index is 13.8. The summed E-state index contributed by atoms with van der Waals surface area (Å²) in [6.07, 6.45) is 0.947. The molecule has 0 fully saturated rings. The Labute approximate surface area is 225 Å². The second-order valence-electron chi connectivity index (χ2n) is 9.07. The van der Waals surface area contributed by atoms with Gasteiger partial charge in [-0.15, -0.1) is 10.2 Å². The predicted molar refractivity (Wildman–Crippen MR) is 144 cm³/mol. The number of anilines is 2. The first-order chi connectivity index (χ1) is 18.5. The van der Waals surface area contributed by atoms with Crippen LogP contribution < -0.4 is 14.5 Å². The van der Waals surface area contributed by atoms with Crippen molar-refractivity contribution >= 4 is 34.8 Å². The minimum absolute atomic E-state index is 0.00973. The van der Waals surface area contributed by atoms with Crippen LogP contribution in [0.25, 0.3) is 0 Å². The number of benzene rings is 3. The number of aromatic amines is 1. The number of rotatable bonds is 7. The summed E-state index contributed by atoms with van der Waals surface area (Å²) in [7, 11) is 0. The van der Waals surface area contributed by atoms with Crippen molar-refractivity contribution < 1.29 is 14.3 Å². The van der Waals surface area contributed by atoms with Crippen molar-refractivity contribution in [1.82, 2.24) is 20.6 Å². The van der Waals surface area contributed by atoms with Crippen LogP contribution in [-0.4, -0.2) is 38.5 Å². The smallest absolute Gasteiger partial charge is 0.258 e. The normalized spacial score (nSPS) is 16.6. The molecule has 0 bridgehead atoms. The van der Waals surface area contributed by atoms with Gasteiger partial charge in [-0.2, -0.15) is 5.21 Å². The van der Waals surface area contributed by atoms with E-state index in [9.17, 15) is 9.59 Å². The first-order valence-corrected chi connectivity index (χ1v) is 12.8. The molecule has 3 aromatic carbocycles. The van der Waals surface area contributed by atoms with Gasteiger partial charge in [0.2, 0.25) is 11.7 Å². The van der Waals surface area contributed by atoms with Gasteiger partial charge in [-0.05, 0) is 73.5 Å². The Morgan fingerprint density at radius 1 is 1.08 bits per heavy atom. The van der Waals surface area contributed by atoms with Crippen molar-refractivity contribution in [3.05, 3.63) is 94.8 Å². The first kappa shape index (κ1) is 25.4. The van der Waals surface area contributed by atoms with Crippen LogP contribution in [-0.2, 0) is 11.4 Å². The molecule has 0 unspecified atom stereocenters. The number of aromatic nitrogens is 4. The molecule has 0 aliphatic carbocycles. The summed E-state index contributed by atoms with van der Waals surface area (Å²) < 4.78 is 5.68. The monoisotopic (exact) mass is 530 g/mol. The number of hydrogen-bond donors (Lipinski definition) is 1. The van der Waals surface area contributed by atoms with Crippen molar-refractivity contribution in [3.63, 3.8) is 0 Å². The number of H-pyrrole nitrogens is 1. The van der Waals surface area contributed by atoms with E-state index >= 15 is 0 Å². The fraction of sp³-hybridized carbons (Fsp3) is 0.250. The number of nitrogens with zero attached hydrogens (tertiary/aromatic N) is 5. The van der Waals surface area contributed by atoms with E-state index in [0.717, 1.165) is 16.9 Å². The molecule has 2 amide bonds. The lowest BCUT2D eigenvalue weighted by Crippen LogP contribution is -2.47. The summed E-state index contributed by atoms with van der Waals surface area (Å²) in [5.74, 6) is 0.923. The summed E-state index contributed by atoms with van der Waals surface area (Å²) in [6.45, 7) is 4.04. The van der Waals surface area contributed by atoms with Gasteiger partial charge in [0.05, 0.1) is 6.04 Å². The molecule has 9 nitrogen and oxygen atoms in total. The Kier molecular flexibility index (Phi) is 7.37. The molecule has 4 aromatic rings. The third-order valence-electron chi connectivity index (χ3n) is 6.63. The lowest BCUT2D eigenvalue weighted by molar-refractivity contribution is -0.118. The van der Waals surface area contributed by atoms with Gasteiger partial charge in [-0.1, -0.05) is 41.9 Å². The van der Waals surface area contributed by atoms with Crippen LogP contribution in [0.2, 0.25) is 5.02 Å². The number of tetrazole rings is 1. The second-order valence-corrected chi connectivity index (χ2v) is 9.51. The minimum atomic E-state index is -0.222. The Balaban J connectivity index is 1.43. The number of hydrogen-bond acceptors (Lipinski definition) is 6. The van der Waals surface area contributed by atoms with E-state index in [2.05, 4.69) is 20.6 Å². The molecule has 194 valence electrons. The molecule has 38 heavy (non-hydrogen) atoms. The van der Waals surface area contributed by atoms with E-state index in [4.69, 9.17) is 16.3 Å². The molecule has 2 heterocycles. The average molecular weight is 531 g/mol. The number of nitrogens with one attached hydrogen (secondary N) is 1. The second kappa shape index (κ2) is 11.0. The maximum absolute atomic E-state index is 13.8. The van der Waals surface area contributed by atoms with E-state index < -0.39 is 0 Å². The number of carbonyl (C=O) groups excluding carboxylic acids is 2. The van der Waals surface area contributed by atoms with E-state index in [0.29, 0.717) is 35.0 Å². The van der Waals surface area contributed by atoms with Gasteiger partial charge in [0.15, 0.2) is 6.61 Å². The van der Waals surface area contributed by atoms with Crippen LogP contribution in [0.15, 0.2) is 72.8 Å². The lowest BCUT2D eigenvalue weighted by Gasteiger charge is -2.43. The number of amides is 2. The van der Waals surface area contributed by atoms with Crippen LogP contribution >= 0.6 is 11.6 Å². The number of carbonyl (C=O) groups is 2. The Hall–Kier alpha value is -4.24. The van der Waals surface area contributed by atoms with Crippen molar-refractivity contribution in [1.29, 1.82) is 0 Å². The quantitative estimate of drug-likeness (QED) is 0.345. The zero-order chi connectivity index (χ0) is 26.6. The molecular weight excluding hydrogens is 504 g/mol. The number of para-hydroxylation sites is 1. The first-order valence-electron chi connectivity index (χ1n) is 12.4. The SMILES string of the molecule is CCC(=O)N(c1ccc(Cl)cc1)[C@H]1C[C@@H](C)N(C(=O)c2ccc(OCc3nn[nH]n3)cc2)c2ccccc21. The zero-order valence-corrected chi connectivity index (χ0v) is 21.8. The van der Waals surface area contributed by atoms with E-state index in [1.54, 1.807) is 36.4 Å². The summed E-state index contributed by atoms with van der Waals surface area (Å²) in [6, 6.07) is 21.7. The molecule has 1 aliphatic rings. The van der Waals surface area contributed by atoms with E-state index in [1.807, 2.05) is 60.0 Å². The molecule has 0 saturated carbocycles. The third kappa shape index (κ3) is 5.10. The highest BCUT2D eigenvalue weighted by atomic mass is 35.5. The molecule has 2 atom stereocenters. The topological polar surface area (TPSA) is 104 Å². The largest absolute Gasteiger partial charge is 0.485 e. The summed E-state index contributed by atoms with van der Waals surface area (Å²) in [5.41, 5.74) is 3.04. The summed E-state index contributed by atoms with van der Waals surface area (Å²) in [4.78, 5) is 30.6. The predicted octanol–water partition coefficient (Wildman–Crippen LogP) is 5.36. The number of halogens is 1. The fourth-order valence-electron chi connectivity index (χ4n) is 4.83. The van der Waals surface area contributed by atoms with Crippen molar-refractivity contribution in [2.45, 2.75) is 45.4 Å². The molecular formula is C28H27ClN6O3. The number of ether oxygens (including phenoxy) is 1.